The number of aryl methyl sites for hydroxylation is 1. The van der Waals surface area contributed by atoms with Gasteiger partial charge in [0.15, 0.2) is 5.82 Å². The van der Waals surface area contributed by atoms with Crippen molar-refractivity contribution in [2.45, 2.75) is 13.3 Å². The average Bonchev–Trinajstić information content (AvgIpc) is 2.90. The van der Waals surface area contributed by atoms with E-state index in [9.17, 15) is 18.0 Å². The smallest absolute Gasteiger partial charge is 0.406 e. The first-order chi connectivity index (χ1) is 10.8. The first kappa shape index (κ1) is 15.1. The van der Waals surface area contributed by atoms with E-state index in [1.165, 1.54) is 27.3 Å². The SMILES string of the molecule is Cc1cc(OC(F)(F)F)ccc1-c1nn2cccc2c(=O)n1C. The third kappa shape index (κ3) is 2.79. The van der Waals surface area contributed by atoms with Crippen molar-refractivity contribution in [3.05, 3.63) is 52.4 Å². The standard InChI is InChI=1S/C15H12F3N3O2/c1-9-8-10(23-15(16,17)18)5-6-11(9)13-19-21-7-3-4-12(21)14(22)20(13)2/h3-8H,1-2H3. The molecule has 0 atom stereocenters. The number of nitrogens with zero attached hydrogens (tertiary/aromatic N) is 3. The molecule has 8 heteroatoms. The summed E-state index contributed by atoms with van der Waals surface area (Å²) in [6, 6.07) is 7.25. The molecule has 0 fully saturated rings. The lowest BCUT2D eigenvalue weighted by Crippen LogP contribution is -2.23. The summed E-state index contributed by atoms with van der Waals surface area (Å²) in [5.41, 5.74) is 1.25. The molecule has 23 heavy (non-hydrogen) atoms. The van der Waals surface area contributed by atoms with E-state index < -0.39 is 6.36 Å². The molecule has 0 saturated heterocycles. The van der Waals surface area contributed by atoms with Crippen molar-refractivity contribution in [1.82, 2.24) is 14.2 Å². The van der Waals surface area contributed by atoms with E-state index in [0.717, 1.165) is 0 Å². The fourth-order valence-electron chi connectivity index (χ4n) is 2.38. The quantitative estimate of drug-likeness (QED) is 0.728. The first-order valence-electron chi connectivity index (χ1n) is 6.67. The van der Waals surface area contributed by atoms with Crippen molar-refractivity contribution in [3.8, 4) is 17.1 Å². The number of hydrogen-bond donors (Lipinski definition) is 0. The molecule has 0 unspecified atom stereocenters. The summed E-state index contributed by atoms with van der Waals surface area (Å²) in [5.74, 6) is 0.0422. The molecule has 2 aromatic heterocycles. The summed E-state index contributed by atoms with van der Waals surface area (Å²) >= 11 is 0. The second-order valence-corrected chi connectivity index (χ2v) is 5.05. The van der Waals surface area contributed by atoms with E-state index in [4.69, 9.17) is 0 Å². The summed E-state index contributed by atoms with van der Waals surface area (Å²) in [6.45, 7) is 1.63. The van der Waals surface area contributed by atoms with Crippen LogP contribution in [0.2, 0.25) is 0 Å². The fraction of sp³-hybridized carbons (Fsp3) is 0.200. The largest absolute Gasteiger partial charge is 0.573 e. The highest BCUT2D eigenvalue weighted by atomic mass is 19.4. The van der Waals surface area contributed by atoms with E-state index in [0.29, 0.717) is 22.5 Å². The zero-order valence-corrected chi connectivity index (χ0v) is 12.3. The molecule has 0 saturated carbocycles. The van der Waals surface area contributed by atoms with Crippen LogP contribution >= 0.6 is 0 Å². The lowest BCUT2D eigenvalue weighted by molar-refractivity contribution is -0.274. The second kappa shape index (κ2) is 5.15. The highest BCUT2D eigenvalue weighted by molar-refractivity contribution is 5.62. The van der Waals surface area contributed by atoms with Crippen LogP contribution in [-0.2, 0) is 7.05 Å². The number of fused-ring (bicyclic) bond motifs is 1. The van der Waals surface area contributed by atoms with Gasteiger partial charge in [-0.2, -0.15) is 0 Å². The number of alkyl halides is 3. The van der Waals surface area contributed by atoms with Crippen LogP contribution < -0.4 is 10.3 Å². The number of benzene rings is 1. The topological polar surface area (TPSA) is 48.5 Å². The molecule has 0 aliphatic rings. The lowest BCUT2D eigenvalue weighted by atomic mass is 10.1. The van der Waals surface area contributed by atoms with Gasteiger partial charge in [0, 0.05) is 18.8 Å². The molecule has 0 spiro atoms. The normalized spacial score (nSPS) is 11.9. The van der Waals surface area contributed by atoms with Crippen LogP contribution in [0.4, 0.5) is 13.2 Å². The van der Waals surface area contributed by atoms with Crippen LogP contribution in [0.1, 0.15) is 5.56 Å². The van der Waals surface area contributed by atoms with Crippen molar-refractivity contribution < 1.29 is 17.9 Å². The molecule has 0 aliphatic carbocycles. The van der Waals surface area contributed by atoms with Crippen LogP contribution in [0, 0.1) is 6.92 Å². The van der Waals surface area contributed by atoms with E-state index in [2.05, 4.69) is 9.84 Å². The molecule has 120 valence electrons. The number of aromatic nitrogens is 3. The minimum Gasteiger partial charge on any atom is -0.406 e. The Morgan fingerprint density at radius 2 is 1.96 bits per heavy atom. The Labute approximate surface area is 128 Å². The Hall–Kier alpha value is -2.77. The van der Waals surface area contributed by atoms with Gasteiger partial charge in [0.05, 0.1) is 0 Å². The number of hydrogen-bond acceptors (Lipinski definition) is 3. The van der Waals surface area contributed by atoms with E-state index in [1.807, 2.05) is 0 Å². The Morgan fingerprint density at radius 3 is 2.61 bits per heavy atom. The van der Waals surface area contributed by atoms with E-state index in [1.54, 1.807) is 32.3 Å². The van der Waals surface area contributed by atoms with Gasteiger partial charge >= 0.3 is 6.36 Å². The molecule has 0 aliphatic heterocycles. The van der Waals surface area contributed by atoms with Crippen LogP contribution in [0.25, 0.3) is 16.9 Å². The molecule has 2 heterocycles. The molecular formula is C15H12F3N3O2. The lowest BCUT2D eigenvalue weighted by Gasteiger charge is -2.13. The van der Waals surface area contributed by atoms with Crippen molar-refractivity contribution >= 4 is 5.52 Å². The van der Waals surface area contributed by atoms with Crippen molar-refractivity contribution in [1.29, 1.82) is 0 Å². The predicted molar refractivity (Wildman–Crippen MR) is 77.3 cm³/mol. The minimum atomic E-state index is -4.75. The monoisotopic (exact) mass is 323 g/mol. The molecule has 5 nitrogen and oxygen atoms in total. The zero-order chi connectivity index (χ0) is 16.8. The van der Waals surface area contributed by atoms with Gasteiger partial charge in [0.2, 0.25) is 0 Å². The zero-order valence-electron chi connectivity index (χ0n) is 12.3. The Morgan fingerprint density at radius 1 is 1.22 bits per heavy atom. The van der Waals surface area contributed by atoms with Gasteiger partial charge in [0.1, 0.15) is 11.3 Å². The number of halogens is 3. The van der Waals surface area contributed by atoms with Gasteiger partial charge in [-0.15, -0.1) is 18.3 Å². The van der Waals surface area contributed by atoms with Gasteiger partial charge in [-0.1, -0.05) is 0 Å². The second-order valence-electron chi connectivity index (χ2n) is 5.05. The Bertz CT molecular complexity index is 941. The van der Waals surface area contributed by atoms with Gasteiger partial charge in [0.25, 0.3) is 5.56 Å². The maximum Gasteiger partial charge on any atom is 0.573 e. The molecular weight excluding hydrogens is 311 g/mol. The summed E-state index contributed by atoms with van der Waals surface area (Å²) < 4.78 is 43.5. The van der Waals surface area contributed by atoms with Crippen molar-refractivity contribution in [2.24, 2.45) is 7.05 Å². The van der Waals surface area contributed by atoms with Crippen LogP contribution in [0.15, 0.2) is 41.3 Å². The fourth-order valence-corrected chi connectivity index (χ4v) is 2.38. The summed E-state index contributed by atoms with van der Waals surface area (Å²) in [4.78, 5) is 12.3. The molecule has 3 rings (SSSR count). The summed E-state index contributed by atoms with van der Waals surface area (Å²) in [7, 11) is 1.57. The highest BCUT2D eigenvalue weighted by Gasteiger charge is 2.31. The highest BCUT2D eigenvalue weighted by Crippen LogP contribution is 2.28. The third-order valence-corrected chi connectivity index (χ3v) is 3.44. The number of ether oxygens (including phenoxy) is 1. The van der Waals surface area contributed by atoms with Crippen LogP contribution in [-0.4, -0.2) is 20.5 Å². The van der Waals surface area contributed by atoms with Crippen molar-refractivity contribution in [3.63, 3.8) is 0 Å². The number of rotatable bonds is 2. The summed E-state index contributed by atoms with van der Waals surface area (Å²) in [5, 5.41) is 4.35. The van der Waals surface area contributed by atoms with Gasteiger partial charge < -0.3 is 4.74 Å². The average molecular weight is 323 g/mol. The van der Waals surface area contributed by atoms with Gasteiger partial charge in [-0.05, 0) is 42.8 Å². The van der Waals surface area contributed by atoms with Crippen LogP contribution in [0.5, 0.6) is 5.75 Å². The van der Waals surface area contributed by atoms with Gasteiger partial charge in [-0.25, -0.2) is 4.52 Å². The molecule has 0 N–H and O–H groups in total. The molecule has 1 aromatic carbocycles. The predicted octanol–water partition coefficient (Wildman–Crippen LogP) is 2.91. The molecule has 3 aromatic rings. The van der Waals surface area contributed by atoms with E-state index in [-0.39, 0.29) is 11.3 Å². The molecule has 0 amide bonds. The first-order valence-corrected chi connectivity index (χ1v) is 6.67. The maximum absolute atomic E-state index is 12.3. The van der Waals surface area contributed by atoms with Crippen molar-refractivity contribution in [2.75, 3.05) is 0 Å². The Balaban J connectivity index is 2.12. The Kier molecular flexibility index (Phi) is 3.39. The van der Waals surface area contributed by atoms with Gasteiger partial charge in [-0.3, -0.25) is 9.36 Å². The third-order valence-electron chi connectivity index (χ3n) is 3.44. The summed E-state index contributed by atoms with van der Waals surface area (Å²) in [6.07, 6.45) is -3.11. The van der Waals surface area contributed by atoms with E-state index >= 15 is 0 Å². The maximum atomic E-state index is 12.3. The molecule has 0 bridgehead atoms. The minimum absolute atomic E-state index is 0.241. The molecule has 0 radical (unpaired) electrons. The van der Waals surface area contributed by atoms with Crippen LogP contribution in [0.3, 0.4) is 0 Å².